The zero-order chi connectivity index (χ0) is 16.4. The molecule has 0 spiro atoms. The molecule has 0 bridgehead atoms. The Morgan fingerprint density at radius 1 is 1.32 bits per heavy atom. The summed E-state index contributed by atoms with van der Waals surface area (Å²) >= 11 is 1.29. The summed E-state index contributed by atoms with van der Waals surface area (Å²) in [5.41, 5.74) is -0.210. The van der Waals surface area contributed by atoms with Crippen molar-refractivity contribution < 1.29 is 12.9 Å². The maximum absolute atomic E-state index is 12.2. The van der Waals surface area contributed by atoms with E-state index in [4.69, 9.17) is 4.52 Å². The predicted octanol–water partition coefficient (Wildman–Crippen LogP) is 2.51. The summed E-state index contributed by atoms with van der Waals surface area (Å²) in [6.45, 7) is 8.18. The van der Waals surface area contributed by atoms with Gasteiger partial charge in [-0.1, -0.05) is 32.9 Å². The molecule has 22 heavy (non-hydrogen) atoms. The number of aryl methyl sites for hydroxylation is 1. The highest BCUT2D eigenvalue weighted by Gasteiger charge is 2.22. The van der Waals surface area contributed by atoms with Crippen LogP contribution in [0.25, 0.3) is 0 Å². The smallest absolute Gasteiger partial charge is 0.250 e. The molecular formula is C14H21N3O3S2. The molecular weight excluding hydrogens is 322 g/mol. The van der Waals surface area contributed by atoms with E-state index in [0.717, 1.165) is 11.3 Å². The summed E-state index contributed by atoms with van der Waals surface area (Å²) in [6.07, 6.45) is 1.23. The van der Waals surface area contributed by atoms with Gasteiger partial charge in [-0.15, -0.1) is 11.3 Å². The zero-order valence-corrected chi connectivity index (χ0v) is 14.8. The van der Waals surface area contributed by atoms with E-state index in [0.29, 0.717) is 22.3 Å². The van der Waals surface area contributed by atoms with Gasteiger partial charge in [0.25, 0.3) is 0 Å². The average molecular weight is 343 g/mol. The SMILES string of the molecule is CCc1ccc(S(=O)(=O)NCCc2noc(C(C)(C)C)n2)s1. The monoisotopic (exact) mass is 343 g/mol. The zero-order valence-electron chi connectivity index (χ0n) is 13.2. The van der Waals surface area contributed by atoms with E-state index < -0.39 is 10.0 Å². The fraction of sp³-hybridized carbons (Fsp3) is 0.571. The number of thiophene rings is 1. The lowest BCUT2D eigenvalue weighted by Gasteiger charge is -2.10. The highest BCUT2D eigenvalue weighted by atomic mass is 32.2. The third-order valence-electron chi connectivity index (χ3n) is 3.00. The number of rotatable bonds is 6. The Morgan fingerprint density at radius 2 is 2.05 bits per heavy atom. The van der Waals surface area contributed by atoms with Crippen LogP contribution >= 0.6 is 11.3 Å². The molecule has 2 rings (SSSR count). The molecule has 0 amide bonds. The summed E-state index contributed by atoms with van der Waals surface area (Å²) < 4.78 is 32.4. The van der Waals surface area contributed by atoms with Gasteiger partial charge >= 0.3 is 0 Å². The minimum atomic E-state index is -3.46. The molecule has 0 saturated heterocycles. The number of nitrogens with zero attached hydrogens (tertiary/aromatic N) is 2. The van der Waals surface area contributed by atoms with Crippen molar-refractivity contribution in [1.29, 1.82) is 0 Å². The predicted molar refractivity (Wildman–Crippen MR) is 85.6 cm³/mol. The van der Waals surface area contributed by atoms with Gasteiger partial charge in [-0.05, 0) is 18.6 Å². The van der Waals surface area contributed by atoms with Crippen LogP contribution < -0.4 is 4.72 Å². The first kappa shape index (κ1) is 17.1. The van der Waals surface area contributed by atoms with Crippen LogP contribution in [0.3, 0.4) is 0 Å². The maximum Gasteiger partial charge on any atom is 0.250 e. The standard InChI is InChI=1S/C14H21N3O3S2/c1-5-10-6-7-12(21-10)22(18,19)15-9-8-11-16-13(20-17-11)14(2,3)4/h6-7,15H,5,8-9H2,1-4H3. The van der Waals surface area contributed by atoms with Gasteiger partial charge in [0.05, 0.1) is 0 Å². The molecule has 0 fully saturated rings. The molecule has 122 valence electrons. The first-order chi connectivity index (χ1) is 10.2. The van der Waals surface area contributed by atoms with Crippen LogP contribution in [-0.2, 0) is 28.3 Å². The number of nitrogens with one attached hydrogen (secondary N) is 1. The molecule has 0 aliphatic carbocycles. The number of aromatic nitrogens is 2. The fourth-order valence-corrected chi connectivity index (χ4v) is 4.09. The number of hydrogen-bond acceptors (Lipinski definition) is 6. The molecule has 2 aromatic heterocycles. The van der Waals surface area contributed by atoms with Crippen molar-refractivity contribution in [3.05, 3.63) is 28.7 Å². The summed E-state index contributed by atoms with van der Waals surface area (Å²) in [5, 5.41) is 3.87. The number of hydrogen-bond donors (Lipinski definition) is 1. The summed E-state index contributed by atoms with van der Waals surface area (Å²) in [4.78, 5) is 5.33. The van der Waals surface area contributed by atoms with Crippen molar-refractivity contribution in [3.63, 3.8) is 0 Å². The minimum absolute atomic E-state index is 0.210. The second-order valence-corrected chi connectivity index (χ2v) is 9.15. The molecule has 0 aliphatic heterocycles. The van der Waals surface area contributed by atoms with Gasteiger partial charge in [0.1, 0.15) is 4.21 Å². The fourth-order valence-electron chi connectivity index (χ4n) is 1.72. The van der Waals surface area contributed by atoms with Crippen molar-refractivity contribution in [1.82, 2.24) is 14.9 Å². The first-order valence-electron chi connectivity index (χ1n) is 7.14. The van der Waals surface area contributed by atoms with Crippen molar-refractivity contribution >= 4 is 21.4 Å². The van der Waals surface area contributed by atoms with Gasteiger partial charge < -0.3 is 4.52 Å². The van der Waals surface area contributed by atoms with Gasteiger partial charge in [-0.3, -0.25) is 0 Å². The molecule has 8 heteroatoms. The topological polar surface area (TPSA) is 85.1 Å². The molecule has 0 radical (unpaired) electrons. The van der Waals surface area contributed by atoms with Gasteiger partial charge in [0, 0.05) is 23.3 Å². The quantitative estimate of drug-likeness (QED) is 0.871. The summed E-state index contributed by atoms with van der Waals surface area (Å²) in [7, 11) is -3.46. The lowest BCUT2D eigenvalue weighted by atomic mass is 9.97. The largest absolute Gasteiger partial charge is 0.339 e. The Hall–Kier alpha value is -1.25. The van der Waals surface area contributed by atoms with Gasteiger partial charge in [0.15, 0.2) is 5.82 Å². The lowest BCUT2D eigenvalue weighted by molar-refractivity contribution is 0.318. The van der Waals surface area contributed by atoms with Gasteiger partial charge in [-0.25, -0.2) is 13.1 Å². The van der Waals surface area contributed by atoms with Crippen LogP contribution in [0, 0.1) is 0 Å². The Bertz CT molecular complexity index is 727. The molecule has 2 aromatic rings. The van der Waals surface area contributed by atoms with Gasteiger partial charge in [0.2, 0.25) is 15.9 Å². The van der Waals surface area contributed by atoms with Crippen LogP contribution in [0.4, 0.5) is 0 Å². The Morgan fingerprint density at radius 3 is 2.59 bits per heavy atom. The molecule has 2 heterocycles. The maximum atomic E-state index is 12.2. The van der Waals surface area contributed by atoms with E-state index in [1.807, 2.05) is 33.8 Å². The first-order valence-corrected chi connectivity index (χ1v) is 9.44. The molecule has 0 aliphatic rings. The van der Waals surface area contributed by atoms with Crippen LogP contribution in [0.15, 0.2) is 20.9 Å². The second-order valence-electron chi connectivity index (χ2n) is 5.99. The summed E-state index contributed by atoms with van der Waals surface area (Å²) in [5.74, 6) is 1.06. The average Bonchev–Trinajstić information content (AvgIpc) is 3.06. The van der Waals surface area contributed by atoms with Crippen LogP contribution in [0.1, 0.15) is 44.3 Å². The van der Waals surface area contributed by atoms with Crippen LogP contribution in [-0.4, -0.2) is 25.1 Å². The van der Waals surface area contributed by atoms with E-state index in [1.165, 1.54) is 11.3 Å². The minimum Gasteiger partial charge on any atom is -0.339 e. The van der Waals surface area contributed by atoms with Crippen molar-refractivity contribution in [3.8, 4) is 0 Å². The third kappa shape index (κ3) is 4.15. The molecule has 0 unspecified atom stereocenters. The molecule has 0 aromatic carbocycles. The molecule has 0 atom stereocenters. The summed E-state index contributed by atoms with van der Waals surface area (Å²) in [6, 6.07) is 3.48. The van der Waals surface area contributed by atoms with E-state index in [2.05, 4.69) is 14.9 Å². The Labute approximate surface area is 135 Å². The van der Waals surface area contributed by atoms with E-state index in [1.54, 1.807) is 6.07 Å². The second kappa shape index (κ2) is 6.47. The van der Waals surface area contributed by atoms with E-state index in [-0.39, 0.29) is 12.0 Å². The number of sulfonamides is 1. The van der Waals surface area contributed by atoms with Crippen molar-refractivity contribution in [2.75, 3.05) is 6.54 Å². The molecule has 0 saturated carbocycles. The van der Waals surface area contributed by atoms with Crippen molar-refractivity contribution in [2.24, 2.45) is 0 Å². The van der Waals surface area contributed by atoms with E-state index >= 15 is 0 Å². The lowest BCUT2D eigenvalue weighted by Crippen LogP contribution is -2.25. The molecule has 6 nitrogen and oxygen atoms in total. The normalized spacial score (nSPS) is 12.7. The highest BCUT2D eigenvalue weighted by Crippen LogP contribution is 2.22. The van der Waals surface area contributed by atoms with Crippen LogP contribution in [0.2, 0.25) is 0 Å². The van der Waals surface area contributed by atoms with Crippen molar-refractivity contribution in [2.45, 2.75) is 50.2 Å². The Balaban J connectivity index is 1.94. The Kier molecular flexibility index (Phi) is 5.03. The van der Waals surface area contributed by atoms with Crippen LogP contribution in [0.5, 0.6) is 0 Å². The highest BCUT2D eigenvalue weighted by molar-refractivity contribution is 7.91. The van der Waals surface area contributed by atoms with E-state index in [9.17, 15) is 8.42 Å². The molecule has 1 N–H and O–H groups in total. The van der Waals surface area contributed by atoms with Gasteiger partial charge in [-0.2, -0.15) is 4.98 Å². The third-order valence-corrected chi connectivity index (χ3v) is 6.18.